The molecule has 0 bridgehead atoms. The van der Waals surface area contributed by atoms with Gasteiger partial charge < -0.3 is 0 Å². The van der Waals surface area contributed by atoms with Gasteiger partial charge in [-0.1, -0.05) is 67.6 Å². The number of hydrogen-bond acceptors (Lipinski definition) is 4. The SMILES string of the molecule is CCC1C(c2ccccc2)=NN=C(c2ccccc2)N1O. The zero-order valence-electron chi connectivity index (χ0n) is 11.8. The molecule has 2 aromatic carbocycles. The molecule has 0 radical (unpaired) electrons. The summed E-state index contributed by atoms with van der Waals surface area (Å²) in [7, 11) is 0. The van der Waals surface area contributed by atoms with Crippen LogP contribution in [0.15, 0.2) is 70.9 Å². The fraction of sp³-hybridized carbons (Fsp3) is 0.176. The number of hydroxylamine groups is 2. The van der Waals surface area contributed by atoms with Crippen molar-refractivity contribution in [1.29, 1.82) is 0 Å². The van der Waals surface area contributed by atoms with E-state index in [0.29, 0.717) is 5.84 Å². The minimum Gasteiger partial charge on any atom is -0.286 e. The van der Waals surface area contributed by atoms with Crippen LogP contribution in [-0.4, -0.2) is 27.9 Å². The molecular weight excluding hydrogens is 262 g/mol. The van der Waals surface area contributed by atoms with Gasteiger partial charge in [0.25, 0.3) is 0 Å². The molecule has 1 aliphatic heterocycles. The van der Waals surface area contributed by atoms with Gasteiger partial charge in [0.1, 0.15) is 6.04 Å². The van der Waals surface area contributed by atoms with Crippen LogP contribution in [0.2, 0.25) is 0 Å². The van der Waals surface area contributed by atoms with Gasteiger partial charge in [-0.25, -0.2) is 5.06 Å². The zero-order valence-corrected chi connectivity index (χ0v) is 11.8. The highest BCUT2D eigenvalue weighted by Gasteiger charge is 2.29. The average Bonchev–Trinajstić information content (AvgIpc) is 2.56. The Hall–Kier alpha value is -2.46. The third-order valence-corrected chi connectivity index (χ3v) is 3.57. The van der Waals surface area contributed by atoms with E-state index >= 15 is 0 Å². The van der Waals surface area contributed by atoms with Gasteiger partial charge in [0, 0.05) is 11.1 Å². The maximum absolute atomic E-state index is 10.5. The van der Waals surface area contributed by atoms with E-state index in [1.165, 1.54) is 5.06 Å². The molecule has 0 fully saturated rings. The van der Waals surface area contributed by atoms with Crippen LogP contribution in [0.3, 0.4) is 0 Å². The minimum atomic E-state index is -0.194. The summed E-state index contributed by atoms with van der Waals surface area (Å²) in [5.74, 6) is 0.488. The maximum atomic E-state index is 10.5. The lowest BCUT2D eigenvalue weighted by atomic mass is 9.99. The molecule has 0 saturated carbocycles. The molecule has 1 aliphatic rings. The molecule has 21 heavy (non-hydrogen) atoms. The lowest BCUT2D eigenvalue weighted by Gasteiger charge is -2.31. The van der Waals surface area contributed by atoms with Crippen LogP contribution in [0, 0.1) is 0 Å². The molecule has 0 saturated heterocycles. The topological polar surface area (TPSA) is 48.2 Å². The van der Waals surface area contributed by atoms with E-state index in [4.69, 9.17) is 0 Å². The van der Waals surface area contributed by atoms with Gasteiger partial charge in [-0.3, -0.25) is 5.21 Å². The van der Waals surface area contributed by atoms with Crippen LogP contribution >= 0.6 is 0 Å². The van der Waals surface area contributed by atoms with Crippen LogP contribution < -0.4 is 0 Å². The molecule has 1 unspecified atom stereocenters. The number of rotatable bonds is 3. The molecule has 0 spiro atoms. The number of nitrogens with zero attached hydrogens (tertiary/aromatic N) is 3. The Bertz CT molecular complexity index is 665. The second-order valence-corrected chi connectivity index (χ2v) is 4.91. The second-order valence-electron chi connectivity index (χ2n) is 4.91. The first-order valence-corrected chi connectivity index (χ1v) is 7.05. The Kier molecular flexibility index (Phi) is 3.79. The summed E-state index contributed by atoms with van der Waals surface area (Å²) in [6.45, 7) is 2.03. The van der Waals surface area contributed by atoms with Crippen molar-refractivity contribution in [2.75, 3.05) is 0 Å². The van der Waals surface area contributed by atoms with Gasteiger partial charge in [0.05, 0.1) is 5.71 Å². The van der Waals surface area contributed by atoms with Crippen molar-refractivity contribution in [3.05, 3.63) is 71.8 Å². The van der Waals surface area contributed by atoms with E-state index in [9.17, 15) is 5.21 Å². The van der Waals surface area contributed by atoms with Crippen molar-refractivity contribution in [3.8, 4) is 0 Å². The van der Waals surface area contributed by atoms with E-state index in [-0.39, 0.29) is 6.04 Å². The molecule has 4 nitrogen and oxygen atoms in total. The Labute approximate surface area is 124 Å². The van der Waals surface area contributed by atoms with E-state index in [1.54, 1.807) is 0 Å². The predicted molar refractivity (Wildman–Crippen MR) is 83.7 cm³/mol. The standard InChI is InChI=1S/C17H17N3O/c1-2-15-16(13-9-5-3-6-10-13)18-19-17(20(15)21)14-11-7-4-8-12-14/h3-12,15,21H,2H2,1H3. The normalized spacial score (nSPS) is 18.2. The highest BCUT2D eigenvalue weighted by molar-refractivity contribution is 6.10. The summed E-state index contributed by atoms with van der Waals surface area (Å²) in [4.78, 5) is 0. The monoisotopic (exact) mass is 279 g/mol. The molecular formula is C17H17N3O. The molecule has 1 heterocycles. The van der Waals surface area contributed by atoms with Gasteiger partial charge in [-0.05, 0) is 6.42 Å². The van der Waals surface area contributed by atoms with Crippen LogP contribution in [0.25, 0.3) is 0 Å². The Balaban J connectivity index is 2.03. The van der Waals surface area contributed by atoms with Gasteiger partial charge in [-0.15, -0.1) is 5.10 Å². The second kappa shape index (κ2) is 5.89. The molecule has 2 aromatic rings. The Morgan fingerprint density at radius 3 is 2.05 bits per heavy atom. The maximum Gasteiger partial charge on any atom is 0.182 e. The van der Waals surface area contributed by atoms with Crippen LogP contribution in [-0.2, 0) is 0 Å². The summed E-state index contributed by atoms with van der Waals surface area (Å²) < 4.78 is 0. The van der Waals surface area contributed by atoms with E-state index in [0.717, 1.165) is 23.3 Å². The number of hydrogen-bond donors (Lipinski definition) is 1. The van der Waals surface area contributed by atoms with Crippen molar-refractivity contribution in [2.24, 2.45) is 10.2 Å². The van der Waals surface area contributed by atoms with Gasteiger partial charge in [-0.2, -0.15) is 5.10 Å². The molecule has 0 aliphatic carbocycles. The molecule has 106 valence electrons. The Morgan fingerprint density at radius 2 is 1.48 bits per heavy atom. The summed E-state index contributed by atoms with van der Waals surface area (Å²) in [5.41, 5.74) is 2.63. The van der Waals surface area contributed by atoms with Crippen molar-refractivity contribution in [1.82, 2.24) is 5.06 Å². The lowest BCUT2D eigenvalue weighted by molar-refractivity contribution is -0.0344. The molecule has 0 amide bonds. The third-order valence-electron chi connectivity index (χ3n) is 3.57. The van der Waals surface area contributed by atoms with Crippen molar-refractivity contribution in [3.63, 3.8) is 0 Å². The van der Waals surface area contributed by atoms with E-state index < -0.39 is 0 Å². The van der Waals surface area contributed by atoms with Crippen molar-refractivity contribution in [2.45, 2.75) is 19.4 Å². The number of amidine groups is 1. The first-order chi connectivity index (χ1) is 10.3. The zero-order chi connectivity index (χ0) is 14.7. The highest BCUT2D eigenvalue weighted by Crippen LogP contribution is 2.19. The predicted octanol–water partition coefficient (Wildman–Crippen LogP) is 3.32. The van der Waals surface area contributed by atoms with Gasteiger partial charge in [0.2, 0.25) is 0 Å². The van der Waals surface area contributed by atoms with Crippen LogP contribution in [0.4, 0.5) is 0 Å². The van der Waals surface area contributed by atoms with Crippen molar-refractivity contribution >= 4 is 11.5 Å². The number of benzene rings is 2. The first kappa shape index (κ1) is 13.5. The molecule has 0 aromatic heterocycles. The molecule has 1 N–H and O–H groups in total. The fourth-order valence-corrected chi connectivity index (χ4v) is 2.48. The minimum absolute atomic E-state index is 0.194. The highest BCUT2D eigenvalue weighted by atomic mass is 16.5. The third kappa shape index (κ3) is 2.58. The summed E-state index contributed by atoms with van der Waals surface area (Å²) >= 11 is 0. The smallest absolute Gasteiger partial charge is 0.182 e. The van der Waals surface area contributed by atoms with Gasteiger partial charge in [0.15, 0.2) is 5.84 Å². The average molecular weight is 279 g/mol. The quantitative estimate of drug-likeness (QED) is 0.937. The summed E-state index contributed by atoms with van der Waals surface area (Å²) in [6, 6.07) is 19.3. The van der Waals surface area contributed by atoms with Crippen molar-refractivity contribution < 1.29 is 5.21 Å². The van der Waals surface area contributed by atoms with Crippen LogP contribution in [0.1, 0.15) is 24.5 Å². The van der Waals surface area contributed by atoms with Crippen LogP contribution in [0.5, 0.6) is 0 Å². The van der Waals surface area contributed by atoms with Gasteiger partial charge >= 0.3 is 0 Å². The summed E-state index contributed by atoms with van der Waals surface area (Å²) in [6.07, 6.45) is 0.746. The van der Waals surface area contributed by atoms with E-state index in [1.807, 2.05) is 67.6 Å². The molecule has 3 rings (SSSR count). The largest absolute Gasteiger partial charge is 0.286 e. The Morgan fingerprint density at radius 1 is 0.905 bits per heavy atom. The lowest BCUT2D eigenvalue weighted by Crippen LogP contribution is -2.45. The summed E-state index contributed by atoms with van der Waals surface area (Å²) in [5, 5.41) is 20.3. The first-order valence-electron chi connectivity index (χ1n) is 7.05. The molecule has 1 atom stereocenters. The van der Waals surface area contributed by atoms with E-state index in [2.05, 4.69) is 10.2 Å². The fourth-order valence-electron chi connectivity index (χ4n) is 2.48. The molecule has 4 heteroatoms.